The molecule has 0 aliphatic heterocycles. The second-order valence-electron chi connectivity index (χ2n) is 23.7. The van der Waals surface area contributed by atoms with Crippen LogP contribution in [0, 0.1) is 0 Å². The molecule has 0 saturated heterocycles. The molecule has 0 saturated carbocycles. The summed E-state index contributed by atoms with van der Waals surface area (Å²) in [6.07, 6.45) is 77.9. The summed E-state index contributed by atoms with van der Waals surface area (Å²) in [4.78, 5) is 54.8. The van der Waals surface area contributed by atoms with E-state index in [2.05, 4.69) is 76.3 Å². The van der Waals surface area contributed by atoms with Crippen LogP contribution in [0.25, 0.3) is 0 Å². The van der Waals surface area contributed by atoms with Crippen molar-refractivity contribution in [1.29, 1.82) is 0 Å². The van der Waals surface area contributed by atoms with Crippen LogP contribution in [-0.4, -0.2) is 46.9 Å². The summed E-state index contributed by atoms with van der Waals surface area (Å²) in [6.45, 7) is 9.03. The van der Waals surface area contributed by atoms with Crippen LogP contribution in [-0.2, 0) is 29.9 Å². The standard InChI is InChI=1S/4C18H34O2.Pb/c4*1-2-3-4-5-6-7-8-9-10-11-12-13-14-15-16-17-18(19)20;/h4*9-10H,2-8,11-17H2,1H3,(H,19,20);/q;;;;+4/p-4/b4*10-9-;. The van der Waals surface area contributed by atoms with Crippen LogP contribution < -0.4 is 0 Å². The van der Waals surface area contributed by atoms with Gasteiger partial charge in [-0.05, 0) is 25.7 Å². The van der Waals surface area contributed by atoms with Gasteiger partial charge in [0.15, 0.2) is 0 Å². The van der Waals surface area contributed by atoms with Crippen LogP contribution in [0.3, 0.4) is 0 Å². The van der Waals surface area contributed by atoms with E-state index in [1.54, 1.807) is 0 Å². The predicted molar refractivity (Wildman–Crippen MR) is 348 cm³/mol. The normalized spacial score (nSPS) is 12.0. The van der Waals surface area contributed by atoms with Gasteiger partial charge in [0.1, 0.15) is 0 Å². The number of hydrogen-bond donors (Lipinski definition) is 0. The smallest absolute Gasteiger partial charge is 0.0654 e. The second kappa shape index (κ2) is 65.3. The van der Waals surface area contributed by atoms with E-state index in [-0.39, 0.29) is 25.7 Å². The topological polar surface area (TPSA) is 105 Å². The minimum atomic E-state index is -6.12. The number of hydrogen-bond acceptors (Lipinski definition) is 8. The van der Waals surface area contributed by atoms with Crippen molar-refractivity contribution in [3.63, 3.8) is 0 Å². The van der Waals surface area contributed by atoms with Crippen molar-refractivity contribution in [1.82, 2.24) is 0 Å². The molecule has 0 rings (SSSR count). The summed E-state index contributed by atoms with van der Waals surface area (Å²) < 4.78 is 23.9. The van der Waals surface area contributed by atoms with E-state index < -0.39 is 46.9 Å². The summed E-state index contributed by atoms with van der Waals surface area (Å²) in [5.41, 5.74) is 0. The Morgan fingerprint density at radius 2 is 0.346 bits per heavy atom. The maximum atomic E-state index is 13.7. The maximum absolute atomic E-state index is 13.7. The van der Waals surface area contributed by atoms with Gasteiger partial charge in [-0.25, -0.2) is 0 Å². The number of unbranched alkanes of at least 4 members (excludes halogenated alkanes) is 44. The van der Waals surface area contributed by atoms with Crippen LogP contribution in [0.2, 0.25) is 0 Å². The van der Waals surface area contributed by atoms with Gasteiger partial charge >= 0.3 is 331 Å². The second-order valence-corrected chi connectivity index (χ2v) is 30.8. The van der Waals surface area contributed by atoms with E-state index in [1.165, 1.54) is 154 Å². The molecule has 0 aliphatic carbocycles. The van der Waals surface area contributed by atoms with Crippen LogP contribution in [0.15, 0.2) is 48.6 Å². The Bertz CT molecular complexity index is 1280. The number of allylic oxidation sites excluding steroid dienone is 8. The molecule has 0 heterocycles. The Labute approximate surface area is 509 Å². The molecule has 9 heteroatoms. The van der Waals surface area contributed by atoms with E-state index in [9.17, 15) is 19.2 Å². The molecule has 0 bridgehead atoms. The van der Waals surface area contributed by atoms with Crippen LogP contribution in [0.1, 0.15) is 387 Å². The Hall–Kier alpha value is -2.24. The van der Waals surface area contributed by atoms with Gasteiger partial charge in [0, 0.05) is 0 Å². The summed E-state index contributed by atoms with van der Waals surface area (Å²) in [7, 11) is 0. The van der Waals surface area contributed by atoms with Crippen LogP contribution in [0.4, 0.5) is 0 Å². The zero-order valence-corrected chi connectivity index (χ0v) is 57.9. The van der Waals surface area contributed by atoms with Crippen molar-refractivity contribution in [3.8, 4) is 0 Å². The fourth-order valence-corrected chi connectivity index (χ4v) is 17.1. The van der Waals surface area contributed by atoms with Crippen molar-refractivity contribution in [2.75, 3.05) is 0 Å². The van der Waals surface area contributed by atoms with Gasteiger partial charge in [-0.15, -0.1) is 0 Å². The van der Waals surface area contributed by atoms with Gasteiger partial charge in [0.05, 0.1) is 0 Å². The van der Waals surface area contributed by atoms with Crippen molar-refractivity contribution in [2.24, 2.45) is 0 Å². The molecule has 0 unspecified atom stereocenters. The monoisotopic (exact) mass is 1330 g/mol. The molecule has 0 amide bonds. The Kier molecular flexibility index (Phi) is 63.5. The fourth-order valence-electron chi connectivity index (χ4n) is 10.2. The molecule has 0 radical (unpaired) electrons. The van der Waals surface area contributed by atoms with Gasteiger partial charge in [-0.2, -0.15) is 0 Å². The Morgan fingerprint density at radius 1 is 0.210 bits per heavy atom. The van der Waals surface area contributed by atoms with Gasteiger partial charge in [-0.3, -0.25) is 0 Å². The molecule has 81 heavy (non-hydrogen) atoms. The van der Waals surface area contributed by atoms with Crippen molar-refractivity contribution < 1.29 is 29.9 Å². The summed E-state index contributed by atoms with van der Waals surface area (Å²) in [5.74, 6) is -2.53. The molecule has 8 nitrogen and oxygen atoms in total. The third-order valence-corrected chi connectivity index (χ3v) is 23.0. The van der Waals surface area contributed by atoms with Gasteiger partial charge in [-0.1, -0.05) is 156 Å². The fraction of sp³-hybridized carbons (Fsp3) is 0.833. The van der Waals surface area contributed by atoms with Gasteiger partial charge in [0.25, 0.3) is 0 Å². The first kappa shape index (κ1) is 78.8. The van der Waals surface area contributed by atoms with Crippen molar-refractivity contribution in [3.05, 3.63) is 48.6 Å². The van der Waals surface area contributed by atoms with Crippen LogP contribution >= 0.6 is 0 Å². The number of carbonyl (C=O) groups excluding carboxylic acids is 4. The summed E-state index contributed by atoms with van der Waals surface area (Å²) in [6, 6.07) is 0. The molecule has 0 aliphatic rings. The zero-order chi connectivity index (χ0) is 58.9. The number of rotatable bonds is 64. The van der Waals surface area contributed by atoms with E-state index >= 15 is 0 Å². The molecule has 0 aromatic carbocycles. The predicted octanol–water partition coefficient (Wildman–Crippen LogP) is 23.7. The van der Waals surface area contributed by atoms with Gasteiger partial charge < -0.3 is 0 Å². The third-order valence-electron chi connectivity index (χ3n) is 15.5. The number of carbonyl (C=O) groups is 4. The van der Waals surface area contributed by atoms with E-state index in [1.807, 2.05) is 0 Å². The molecule has 0 aromatic rings. The molecule has 0 spiro atoms. The first-order valence-electron chi connectivity index (χ1n) is 35.3. The first-order valence-corrected chi connectivity index (χ1v) is 41.6. The molecule has 0 N–H and O–H groups in total. The average Bonchev–Trinajstić information content (AvgIpc) is 3.45. The van der Waals surface area contributed by atoms with E-state index in [4.69, 9.17) is 10.7 Å². The molecule has 0 fully saturated rings. The minimum Gasteiger partial charge on any atom is -0.0654 e. The third kappa shape index (κ3) is 60.7. The van der Waals surface area contributed by atoms with E-state index in [0.29, 0.717) is 25.7 Å². The molecular formula is C72H132O8Pb. The summed E-state index contributed by atoms with van der Waals surface area (Å²) >= 11 is -6.12. The Morgan fingerprint density at radius 3 is 0.506 bits per heavy atom. The van der Waals surface area contributed by atoms with Crippen molar-refractivity contribution in [2.45, 2.75) is 387 Å². The first-order chi connectivity index (χ1) is 39.8. The zero-order valence-electron chi connectivity index (χ0n) is 54.0. The van der Waals surface area contributed by atoms with Crippen molar-refractivity contribution >= 4 is 46.9 Å². The van der Waals surface area contributed by atoms with Crippen LogP contribution in [0.5, 0.6) is 0 Å². The molecule has 0 atom stereocenters. The SMILES string of the molecule is CCCCCCCC/C=C\CCCCCCCC(=O)[O][Pb]([O]C(=O)CCCCCCC/C=C\CCCCCCCC)([O]C(=O)CCCCCCC/C=C\CCCCCCCC)[O]C(=O)CCCCCCC/C=C\CCCCCCCC. The minimum absolute atomic E-state index is 0.0727. The molecular weight excluding hydrogens is 1200 g/mol. The van der Waals surface area contributed by atoms with Gasteiger partial charge in [0.2, 0.25) is 0 Å². The average molecular weight is 1330 g/mol. The summed E-state index contributed by atoms with van der Waals surface area (Å²) in [5, 5.41) is 0. The van der Waals surface area contributed by atoms with E-state index in [0.717, 1.165) is 154 Å². The molecule has 472 valence electrons. The Balaban J connectivity index is 5.57. The molecule has 0 aromatic heterocycles. The quantitative estimate of drug-likeness (QED) is 0.0337.